The van der Waals surface area contributed by atoms with E-state index < -0.39 is 6.10 Å². The minimum Gasteiger partial charge on any atom is -0.462 e. The summed E-state index contributed by atoms with van der Waals surface area (Å²) in [6.07, 6.45) is 77.1. The fraction of sp³-hybridized carbons (Fsp3) is 0.836. The van der Waals surface area contributed by atoms with E-state index in [1.165, 1.54) is 218 Å². The fourth-order valence-corrected chi connectivity index (χ4v) is 9.56. The van der Waals surface area contributed by atoms with Gasteiger partial charge in [-0.25, -0.2) is 0 Å². The fourth-order valence-electron chi connectivity index (χ4n) is 9.56. The van der Waals surface area contributed by atoms with Crippen molar-refractivity contribution in [3.63, 3.8) is 0 Å². The van der Waals surface area contributed by atoms with Crippen molar-refractivity contribution >= 4 is 17.9 Å². The third-order valence-electron chi connectivity index (χ3n) is 14.3. The molecule has 0 N–H and O–H groups in total. The summed E-state index contributed by atoms with van der Waals surface area (Å²) in [5.41, 5.74) is 0. The van der Waals surface area contributed by atoms with Crippen LogP contribution in [-0.4, -0.2) is 37.2 Å². The molecule has 0 aliphatic heterocycles. The maximum absolute atomic E-state index is 12.9. The Labute approximate surface area is 454 Å². The minimum absolute atomic E-state index is 0.0852. The summed E-state index contributed by atoms with van der Waals surface area (Å²) in [6.45, 7) is 6.55. The molecule has 0 aliphatic carbocycles. The molecular weight excluding hydrogens is 901 g/mol. The van der Waals surface area contributed by atoms with Crippen molar-refractivity contribution in [1.29, 1.82) is 0 Å². The predicted octanol–water partition coefficient (Wildman–Crippen LogP) is 21.8. The van der Waals surface area contributed by atoms with Gasteiger partial charge in [-0.1, -0.05) is 313 Å². The molecule has 0 aromatic heterocycles. The van der Waals surface area contributed by atoms with Crippen LogP contribution in [0.2, 0.25) is 0 Å². The van der Waals surface area contributed by atoms with E-state index >= 15 is 0 Å². The van der Waals surface area contributed by atoms with Gasteiger partial charge >= 0.3 is 17.9 Å². The van der Waals surface area contributed by atoms with E-state index in [2.05, 4.69) is 69.4 Å². The number of esters is 3. The molecule has 0 aromatic rings. The van der Waals surface area contributed by atoms with E-state index in [1.54, 1.807) is 0 Å². The molecule has 0 radical (unpaired) electrons. The molecule has 6 heteroatoms. The molecule has 0 heterocycles. The zero-order valence-electron chi connectivity index (χ0n) is 48.9. The number of carbonyl (C=O) groups excluding carboxylic acids is 3. The second-order valence-electron chi connectivity index (χ2n) is 21.7. The van der Waals surface area contributed by atoms with E-state index in [9.17, 15) is 14.4 Å². The summed E-state index contributed by atoms with van der Waals surface area (Å²) in [6, 6.07) is 0. The highest BCUT2D eigenvalue weighted by Gasteiger charge is 2.19. The third-order valence-corrected chi connectivity index (χ3v) is 14.3. The summed E-state index contributed by atoms with van der Waals surface area (Å²) in [5.74, 6) is -0.906. The van der Waals surface area contributed by atoms with E-state index in [0.29, 0.717) is 19.3 Å². The van der Waals surface area contributed by atoms with Crippen LogP contribution in [0.15, 0.2) is 48.6 Å². The molecule has 0 rings (SSSR count). The lowest BCUT2D eigenvalue weighted by Gasteiger charge is -2.18. The lowest BCUT2D eigenvalue weighted by Crippen LogP contribution is -2.30. The van der Waals surface area contributed by atoms with Crippen LogP contribution in [0.3, 0.4) is 0 Å². The Bertz CT molecular complexity index is 1270. The van der Waals surface area contributed by atoms with Gasteiger partial charge in [-0.05, 0) is 57.8 Å². The van der Waals surface area contributed by atoms with Crippen molar-refractivity contribution in [1.82, 2.24) is 0 Å². The van der Waals surface area contributed by atoms with Gasteiger partial charge in [-0.15, -0.1) is 0 Å². The van der Waals surface area contributed by atoms with Crippen LogP contribution in [0.1, 0.15) is 342 Å². The standard InChI is InChI=1S/C67H122O6/c1-4-7-10-13-16-19-22-25-28-29-30-31-32-33-34-35-36-37-38-40-42-45-48-51-54-57-60-66(69)72-63-64(62-71-65(68)59-56-53-50-47-44-41-27-24-21-18-15-12-9-6-3)73-67(70)61-58-55-52-49-46-43-39-26-23-20-17-14-11-8-5-2/h8,11,17,20,26,39,46,49,64H,4-7,9-10,12-16,18-19,21-25,27-38,40-45,47-48,50-63H2,1-3H3/b11-8-,20-17-,39-26-,49-46-. The molecule has 0 saturated carbocycles. The van der Waals surface area contributed by atoms with Gasteiger partial charge in [-0.3, -0.25) is 14.4 Å². The molecule has 73 heavy (non-hydrogen) atoms. The smallest absolute Gasteiger partial charge is 0.306 e. The topological polar surface area (TPSA) is 78.9 Å². The first kappa shape index (κ1) is 70.4. The van der Waals surface area contributed by atoms with Crippen LogP contribution in [0.5, 0.6) is 0 Å². The Morgan fingerprint density at radius 1 is 0.288 bits per heavy atom. The first-order valence-corrected chi connectivity index (χ1v) is 32.1. The SMILES string of the molecule is CC/C=C\C/C=C\C/C=C\C/C=C\CCCCC(=O)OC(COC(=O)CCCCCCCCCCCCCCCC)COC(=O)CCCCCCCCCCCCCCCCCCCCCCCCCCCC. The van der Waals surface area contributed by atoms with Crippen LogP contribution < -0.4 is 0 Å². The summed E-state index contributed by atoms with van der Waals surface area (Å²) in [4.78, 5) is 38.2. The van der Waals surface area contributed by atoms with E-state index in [4.69, 9.17) is 14.2 Å². The van der Waals surface area contributed by atoms with Gasteiger partial charge in [0.1, 0.15) is 13.2 Å². The molecule has 0 aromatic carbocycles. The molecule has 0 aliphatic rings. The molecule has 0 amide bonds. The Morgan fingerprint density at radius 2 is 0.534 bits per heavy atom. The number of allylic oxidation sites excluding steroid dienone is 8. The quantitative estimate of drug-likeness (QED) is 0.0261. The number of ether oxygens (including phenoxy) is 3. The van der Waals surface area contributed by atoms with E-state index in [-0.39, 0.29) is 37.5 Å². The van der Waals surface area contributed by atoms with Crippen LogP contribution in [0.4, 0.5) is 0 Å². The van der Waals surface area contributed by atoms with Gasteiger partial charge < -0.3 is 14.2 Å². The lowest BCUT2D eigenvalue weighted by molar-refractivity contribution is -0.167. The van der Waals surface area contributed by atoms with Crippen LogP contribution in [0.25, 0.3) is 0 Å². The number of hydrogen-bond acceptors (Lipinski definition) is 6. The number of carbonyl (C=O) groups is 3. The monoisotopic (exact) mass is 1020 g/mol. The van der Waals surface area contributed by atoms with Gasteiger partial charge in [-0.2, -0.15) is 0 Å². The minimum atomic E-state index is -0.792. The normalized spacial score (nSPS) is 12.3. The first-order valence-electron chi connectivity index (χ1n) is 32.1. The highest BCUT2D eigenvalue weighted by atomic mass is 16.6. The van der Waals surface area contributed by atoms with Crippen molar-refractivity contribution in [2.75, 3.05) is 13.2 Å². The number of hydrogen-bond donors (Lipinski definition) is 0. The maximum atomic E-state index is 12.9. The van der Waals surface area contributed by atoms with E-state index in [0.717, 1.165) is 77.0 Å². The van der Waals surface area contributed by atoms with Crippen molar-refractivity contribution in [3.8, 4) is 0 Å². The van der Waals surface area contributed by atoms with Crippen molar-refractivity contribution < 1.29 is 28.6 Å². The van der Waals surface area contributed by atoms with Crippen molar-refractivity contribution in [3.05, 3.63) is 48.6 Å². The Balaban J connectivity index is 4.24. The third kappa shape index (κ3) is 60.1. The number of unbranched alkanes of at least 4 members (excludes halogenated alkanes) is 40. The summed E-state index contributed by atoms with van der Waals surface area (Å²) >= 11 is 0. The van der Waals surface area contributed by atoms with Gasteiger partial charge in [0.05, 0.1) is 0 Å². The summed E-state index contributed by atoms with van der Waals surface area (Å²) in [7, 11) is 0. The predicted molar refractivity (Wildman–Crippen MR) is 316 cm³/mol. The van der Waals surface area contributed by atoms with Crippen LogP contribution in [-0.2, 0) is 28.6 Å². The van der Waals surface area contributed by atoms with Gasteiger partial charge in [0.2, 0.25) is 0 Å². The molecule has 6 nitrogen and oxygen atoms in total. The Kier molecular flexibility index (Phi) is 59.7. The van der Waals surface area contributed by atoms with Gasteiger partial charge in [0.25, 0.3) is 0 Å². The molecule has 0 bridgehead atoms. The van der Waals surface area contributed by atoms with Gasteiger partial charge in [0.15, 0.2) is 6.10 Å². The molecular formula is C67H122O6. The van der Waals surface area contributed by atoms with E-state index in [1.807, 2.05) is 0 Å². The molecule has 0 saturated heterocycles. The molecule has 1 unspecified atom stereocenters. The van der Waals surface area contributed by atoms with Crippen LogP contribution >= 0.6 is 0 Å². The Hall–Kier alpha value is -2.63. The summed E-state index contributed by atoms with van der Waals surface area (Å²) < 4.78 is 16.9. The average molecular weight is 1020 g/mol. The zero-order valence-corrected chi connectivity index (χ0v) is 48.9. The number of rotatable bonds is 59. The highest BCUT2D eigenvalue weighted by Crippen LogP contribution is 2.18. The van der Waals surface area contributed by atoms with Crippen LogP contribution in [0, 0.1) is 0 Å². The summed E-state index contributed by atoms with van der Waals surface area (Å²) in [5, 5.41) is 0. The molecule has 1 atom stereocenters. The van der Waals surface area contributed by atoms with Gasteiger partial charge in [0, 0.05) is 19.3 Å². The first-order chi connectivity index (χ1) is 36.0. The zero-order chi connectivity index (χ0) is 52.9. The maximum Gasteiger partial charge on any atom is 0.306 e. The average Bonchev–Trinajstić information content (AvgIpc) is 3.39. The lowest BCUT2D eigenvalue weighted by atomic mass is 10.0. The second-order valence-corrected chi connectivity index (χ2v) is 21.7. The van der Waals surface area contributed by atoms with Crippen molar-refractivity contribution in [2.24, 2.45) is 0 Å². The van der Waals surface area contributed by atoms with Crippen molar-refractivity contribution in [2.45, 2.75) is 348 Å². The molecule has 0 spiro atoms. The highest BCUT2D eigenvalue weighted by molar-refractivity contribution is 5.71. The Morgan fingerprint density at radius 3 is 0.836 bits per heavy atom. The molecule has 426 valence electrons. The largest absolute Gasteiger partial charge is 0.462 e. The second kappa shape index (κ2) is 61.9. The molecule has 0 fully saturated rings.